The number of carbonyl (C=O) groups excluding carboxylic acids is 1. The fourth-order valence-corrected chi connectivity index (χ4v) is 4.63. The highest BCUT2D eigenvalue weighted by Gasteiger charge is 2.22. The number of anilines is 3. The van der Waals surface area contributed by atoms with Crippen LogP contribution in [-0.2, 0) is 13.1 Å². The van der Waals surface area contributed by atoms with Crippen LogP contribution in [0.2, 0.25) is 0 Å². The van der Waals surface area contributed by atoms with Crippen LogP contribution in [-0.4, -0.2) is 39.4 Å². The van der Waals surface area contributed by atoms with E-state index in [1.54, 1.807) is 11.8 Å². The minimum Gasteiger partial charge on any atom is -0.491 e. The minimum absolute atomic E-state index is 0.107. The zero-order valence-electron chi connectivity index (χ0n) is 20.0. The van der Waals surface area contributed by atoms with Gasteiger partial charge in [0.1, 0.15) is 5.75 Å². The summed E-state index contributed by atoms with van der Waals surface area (Å²) in [6.07, 6.45) is 2.95. The van der Waals surface area contributed by atoms with Crippen LogP contribution >= 0.6 is 11.8 Å². The van der Waals surface area contributed by atoms with Crippen molar-refractivity contribution < 1.29 is 9.53 Å². The molecular weight excluding hydrogens is 444 g/mol. The first kappa shape index (κ1) is 24.0. The van der Waals surface area contributed by atoms with Gasteiger partial charge < -0.3 is 25.6 Å². The predicted octanol–water partition coefficient (Wildman–Crippen LogP) is 5.02. The quantitative estimate of drug-likeness (QED) is 0.397. The molecule has 1 aliphatic heterocycles. The molecule has 0 aliphatic carbocycles. The highest BCUT2D eigenvalue weighted by atomic mass is 32.2. The van der Waals surface area contributed by atoms with E-state index in [4.69, 9.17) is 4.74 Å². The number of benzene rings is 3. The third kappa shape index (κ3) is 5.32. The van der Waals surface area contributed by atoms with Gasteiger partial charge in [-0.1, -0.05) is 18.2 Å². The molecule has 0 saturated carbocycles. The van der Waals surface area contributed by atoms with Gasteiger partial charge in [0.25, 0.3) is 5.91 Å². The molecule has 0 aromatic heterocycles. The zero-order valence-corrected chi connectivity index (χ0v) is 20.8. The summed E-state index contributed by atoms with van der Waals surface area (Å²) in [4.78, 5) is 16.4. The molecular formula is C27H32N4O2S. The van der Waals surface area contributed by atoms with Crippen molar-refractivity contribution in [1.82, 2.24) is 10.6 Å². The van der Waals surface area contributed by atoms with Crippen LogP contribution in [0.4, 0.5) is 17.1 Å². The fourth-order valence-electron chi connectivity index (χ4n) is 4.22. The first-order chi connectivity index (χ1) is 16.6. The van der Waals surface area contributed by atoms with E-state index in [2.05, 4.69) is 57.4 Å². The Morgan fingerprint density at radius 3 is 2.59 bits per heavy atom. The molecule has 0 atom stereocenters. The van der Waals surface area contributed by atoms with Crippen molar-refractivity contribution >= 4 is 34.7 Å². The SMILES string of the molecule is CNCc1c(NC)cccc1N1CCCOc2cc(C(=O)NCc3ccc(SC)cc3)ccc21. The Balaban J connectivity index is 1.57. The number of hydrogen-bond acceptors (Lipinski definition) is 6. The molecule has 1 aliphatic rings. The number of nitrogens with zero attached hydrogens (tertiary/aromatic N) is 1. The van der Waals surface area contributed by atoms with Gasteiger partial charge in [-0.05, 0) is 67.8 Å². The Kier molecular flexibility index (Phi) is 7.98. The summed E-state index contributed by atoms with van der Waals surface area (Å²) < 4.78 is 6.08. The number of nitrogens with one attached hydrogen (secondary N) is 3. The molecule has 0 bridgehead atoms. The van der Waals surface area contributed by atoms with E-state index in [1.165, 1.54) is 10.5 Å². The number of amides is 1. The zero-order chi connectivity index (χ0) is 23.9. The van der Waals surface area contributed by atoms with Crippen molar-refractivity contribution in [2.45, 2.75) is 24.4 Å². The van der Waals surface area contributed by atoms with E-state index in [1.807, 2.05) is 44.4 Å². The molecule has 0 unspecified atom stereocenters. The summed E-state index contributed by atoms with van der Waals surface area (Å²) in [5.41, 5.74) is 6.09. The largest absolute Gasteiger partial charge is 0.491 e. The number of carbonyl (C=O) groups is 1. The van der Waals surface area contributed by atoms with E-state index in [0.29, 0.717) is 18.7 Å². The first-order valence-electron chi connectivity index (χ1n) is 11.5. The van der Waals surface area contributed by atoms with Crippen molar-refractivity contribution in [3.05, 3.63) is 77.4 Å². The van der Waals surface area contributed by atoms with E-state index in [0.717, 1.165) is 47.9 Å². The van der Waals surface area contributed by atoms with Crippen LogP contribution in [0.25, 0.3) is 0 Å². The Morgan fingerprint density at radius 1 is 1.03 bits per heavy atom. The van der Waals surface area contributed by atoms with Crippen molar-refractivity contribution in [1.29, 1.82) is 0 Å². The molecule has 34 heavy (non-hydrogen) atoms. The van der Waals surface area contributed by atoms with Gasteiger partial charge in [0.05, 0.1) is 12.3 Å². The summed E-state index contributed by atoms with van der Waals surface area (Å²) in [5, 5.41) is 9.62. The van der Waals surface area contributed by atoms with E-state index in [-0.39, 0.29) is 5.91 Å². The smallest absolute Gasteiger partial charge is 0.251 e. The molecule has 6 nitrogen and oxygen atoms in total. The van der Waals surface area contributed by atoms with Crippen LogP contribution in [0.15, 0.2) is 65.6 Å². The molecule has 3 N–H and O–H groups in total. The maximum absolute atomic E-state index is 12.9. The van der Waals surface area contributed by atoms with Crippen molar-refractivity contribution in [2.75, 3.05) is 43.7 Å². The Labute approximate surface area is 206 Å². The van der Waals surface area contributed by atoms with E-state index < -0.39 is 0 Å². The standard InChI is InChI=1S/C27H32N4O2S/c1-28-18-22-23(29-2)6-4-7-24(22)31-14-5-15-33-26-16-20(10-13-25(26)31)27(32)30-17-19-8-11-21(34-3)12-9-19/h4,6-13,16,28-29H,5,14-15,17-18H2,1-3H3,(H,30,32). The minimum atomic E-state index is -0.107. The molecule has 3 aromatic carbocycles. The summed E-state index contributed by atoms with van der Waals surface area (Å²) in [5.74, 6) is 0.629. The summed E-state index contributed by atoms with van der Waals surface area (Å²) in [6.45, 7) is 2.69. The maximum atomic E-state index is 12.9. The second-order valence-electron chi connectivity index (χ2n) is 8.15. The van der Waals surface area contributed by atoms with Gasteiger partial charge in [0.15, 0.2) is 0 Å². The lowest BCUT2D eigenvalue weighted by atomic mass is 10.1. The first-order valence-corrected chi connectivity index (χ1v) is 12.8. The molecule has 1 amide bonds. The molecule has 1 heterocycles. The van der Waals surface area contributed by atoms with Crippen molar-refractivity contribution in [3.8, 4) is 5.75 Å². The summed E-state index contributed by atoms with van der Waals surface area (Å²) in [6, 6.07) is 20.3. The lowest BCUT2D eigenvalue weighted by Gasteiger charge is -2.28. The van der Waals surface area contributed by atoms with E-state index >= 15 is 0 Å². The van der Waals surface area contributed by atoms with Crippen molar-refractivity contribution in [3.63, 3.8) is 0 Å². The number of rotatable bonds is 8. The van der Waals surface area contributed by atoms with Crippen LogP contribution in [0.1, 0.15) is 27.9 Å². The lowest BCUT2D eigenvalue weighted by molar-refractivity contribution is 0.0950. The summed E-state index contributed by atoms with van der Waals surface area (Å²) >= 11 is 1.71. The van der Waals surface area contributed by atoms with Gasteiger partial charge in [0, 0.05) is 54.1 Å². The van der Waals surface area contributed by atoms with Crippen LogP contribution < -0.4 is 25.6 Å². The molecule has 4 rings (SSSR count). The van der Waals surface area contributed by atoms with Gasteiger partial charge >= 0.3 is 0 Å². The number of hydrogen-bond donors (Lipinski definition) is 3. The number of fused-ring (bicyclic) bond motifs is 1. The normalized spacial score (nSPS) is 13.0. The molecule has 7 heteroatoms. The van der Waals surface area contributed by atoms with E-state index in [9.17, 15) is 4.79 Å². The predicted molar refractivity (Wildman–Crippen MR) is 142 cm³/mol. The average Bonchev–Trinajstić information content (AvgIpc) is 3.10. The highest BCUT2D eigenvalue weighted by molar-refractivity contribution is 7.98. The average molecular weight is 477 g/mol. The molecule has 178 valence electrons. The third-order valence-corrected chi connectivity index (χ3v) is 6.72. The third-order valence-electron chi connectivity index (χ3n) is 5.97. The Morgan fingerprint density at radius 2 is 1.85 bits per heavy atom. The van der Waals surface area contributed by atoms with Gasteiger partial charge in [0.2, 0.25) is 0 Å². The second kappa shape index (κ2) is 11.3. The fraction of sp³-hybridized carbons (Fsp3) is 0.296. The van der Waals surface area contributed by atoms with Crippen LogP contribution in [0.5, 0.6) is 5.75 Å². The molecule has 0 fully saturated rings. The summed E-state index contributed by atoms with van der Waals surface area (Å²) in [7, 11) is 3.90. The van der Waals surface area contributed by atoms with Gasteiger partial charge in [-0.3, -0.25) is 4.79 Å². The monoisotopic (exact) mass is 476 g/mol. The van der Waals surface area contributed by atoms with Crippen LogP contribution in [0.3, 0.4) is 0 Å². The van der Waals surface area contributed by atoms with Gasteiger partial charge in [-0.2, -0.15) is 0 Å². The number of ether oxygens (including phenoxy) is 1. The Hall–Kier alpha value is -3.16. The highest BCUT2D eigenvalue weighted by Crippen LogP contribution is 2.39. The topological polar surface area (TPSA) is 65.6 Å². The van der Waals surface area contributed by atoms with Crippen LogP contribution in [0, 0.1) is 0 Å². The lowest BCUT2D eigenvalue weighted by Crippen LogP contribution is -2.23. The molecule has 0 saturated heterocycles. The van der Waals surface area contributed by atoms with Gasteiger partial charge in [-0.15, -0.1) is 11.8 Å². The van der Waals surface area contributed by atoms with Gasteiger partial charge in [-0.25, -0.2) is 0 Å². The molecule has 0 radical (unpaired) electrons. The maximum Gasteiger partial charge on any atom is 0.251 e. The molecule has 3 aromatic rings. The number of thioether (sulfide) groups is 1. The molecule has 0 spiro atoms. The second-order valence-corrected chi connectivity index (χ2v) is 9.03. The van der Waals surface area contributed by atoms with Crippen molar-refractivity contribution in [2.24, 2.45) is 0 Å². The Bertz CT molecular complexity index is 1130.